The Balaban J connectivity index is 0.817. The molecule has 0 saturated heterocycles. The summed E-state index contributed by atoms with van der Waals surface area (Å²) in [7, 11) is 0. The lowest BCUT2D eigenvalue weighted by atomic mass is 9.76. The maximum absolute atomic E-state index is 14.7. The van der Waals surface area contributed by atoms with Crippen molar-refractivity contribution in [3.63, 3.8) is 0 Å². The number of hydrogen-bond donors (Lipinski definition) is 2. The lowest BCUT2D eigenvalue weighted by molar-refractivity contribution is 0.0979. The Morgan fingerprint density at radius 1 is 0.229 bits per heavy atom. The van der Waals surface area contributed by atoms with Crippen molar-refractivity contribution in [3.8, 4) is 22.3 Å². The lowest BCUT2D eigenvalue weighted by Crippen LogP contribution is -2.22. The molecule has 0 unspecified atom stereocenters. The largest absolute Gasteiger partial charge is 0.355 e. The molecule has 2 N–H and O–H groups in total. The van der Waals surface area contributed by atoms with Crippen LogP contribution in [0.2, 0.25) is 0 Å². The Labute approximate surface area is 397 Å². The number of ketones is 6. The molecule has 0 bridgehead atoms. The minimum absolute atomic E-state index is 0.116. The zero-order valence-electron chi connectivity index (χ0n) is 36.6. The van der Waals surface area contributed by atoms with E-state index in [4.69, 9.17) is 0 Å². The second-order valence-corrected chi connectivity index (χ2v) is 18.4. The molecule has 8 heteroatoms. The van der Waals surface area contributed by atoms with Gasteiger partial charge in [-0.2, -0.15) is 0 Å². The van der Waals surface area contributed by atoms with E-state index in [0.717, 1.165) is 65.3 Å². The van der Waals surface area contributed by atoms with Crippen molar-refractivity contribution in [1.82, 2.24) is 0 Å². The lowest BCUT2D eigenvalue weighted by Gasteiger charge is -2.26. The quantitative estimate of drug-likeness (QED) is 0.132. The van der Waals surface area contributed by atoms with Crippen LogP contribution >= 0.6 is 0 Å². The maximum atomic E-state index is 14.7. The Morgan fingerprint density at radius 2 is 0.557 bits per heavy atom. The third-order valence-corrected chi connectivity index (χ3v) is 15.0. The fourth-order valence-electron chi connectivity index (χ4n) is 11.9. The van der Waals surface area contributed by atoms with Crippen LogP contribution in [0.25, 0.3) is 65.3 Å². The second-order valence-electron chi connectivity index (χ2n) is 18.4. The van der Waals surface area contributed by atoms with Gasteiger partial charge in [-0.05, 0) is 103 Å². The molecule has 0 aromatic heterocycles. The summed E-state index contributed by atoms with van der Waals surface area (Å²) in [5.41, 5.74) is 10.7. The number of benzene rings is 11. The Bertz CT molecular complexity index is 4120. The summed E-state index contributed by atoms with van der Waals surface area (Å²) in [6, 6.07) is 51.8. The predicted octanol–water partition coefficient (Wildman–Crippen LogP) is 13.2. The summed E-state index contributed by atoms with van der Waals surface area (Å²) in [5.74, 6) is -1.10. The molecule has 11 aromatic rings. The topological polar surface area (TPSA) is 126 Å². The molecule has 0 spiro atoms. The van der Waals surface area contributed by atoms with Crippen molar-refractivity contribution in [2.45, 2.75) is 0 Å². The summed E-state index contributed by atoms with van der Waals surface area (Å²) in [5, 5.41) is 14.4. The van der Waals surface area contributed by atoms with Gasteiger partial charge in [0.1, 0.15) is 0 Å². The van der Waals surface area contributed by atoms with E-state index in [1.807, 2.05) is 60.7 Å². The van der Waals surface area contributed by atoms with Crippen molar-refractivity contribution >= 4 is 101 Å². The molecule has 8 nitrogen and oxygen atoms in total. The summed E-state index contributed by atoms with van der Waals surface area (Å²) < 4.78 is 0. The highest BCUT2D eigenvalue weighted by molar-refractivity contribution is 6.42. The minimum Gasteiger partial charge on any atom is -0.355 e. The highest BCUT2D eigenvalue weighted by atomic mass is 16.2. The van der Waals surface area contributed by atoms with Crippen LogP contribution in [-0.4, -0.2) is 34.7 Å². The van der Waals surface area contributed by atoms with Gasteiger partial charge >= 0.3 is 0 Å². The first-order valence-electron chi connectivity index (χ1n) is 23.0. The molecule has 4 aliphatic carbocycles. The van der Waals surface area contributed by atoms with Gasteiger partial charge in [-0.1, -0.05) is 121 Å². The second kappa shape index (κ2) is 13.5. The summed E-state index contributed by atoms with van der Waals surface area (Å²) in [6.45, 7) is 0. The fraction of sp³-hybridized carbons (Fsp3) is 0. The van der Waals surface area contributed by atoms with E-state index in [-0.39, 0.29) is 34.7 Å². The molecule has 0 amide bonds. The highest BCUT2D eigenvalue weighted by Gasteiger charge is 2.35. The normalized spacial score (nSPS) is 13.9. The average Bonchev–Trinajstić information content (AvgIpc) is 3.40. The van der Waals surface area contributed by atoms with Crippen molar-refractivity contribution in [2.75, 3.05) is 10.6 Å². The number of nitrogens with one attached hydrogen (secondary N) is 2. The monoisotopic (exact) mass is 898 g/mol. The standard InChI is InChI=1S/C62H30N2O6/c65-57-39-7-1-3-9-41(39)61(69)55-43(57)11-5-13-49(55)63-29-15-17-31-33-19-21-35-38-24-26-46-54-34(20-22-36(52(38)54)37-23-25-45(53(33)51(35)37)59(67)47(31)27-29)32-18-16-30(28-48(32)60(46)68)64-50-14-6-12-44-56(50)62(70)42-10-4-2-8-40(42)58(44)66/h1-28,63-64H. The molecule has 0 atom stereocenters. The van der Waals surface area contributed by atoms with Crippen LogP contribution < -0.4 is 10.6 Å². The Hall–Kier alpha value is -9.66. The van der Waals surface area contributed by atoms with Crippen molar-refractivity contribution in [2.24, 2.45) is 0 Å². The molecule has 0 radical (unpaired) electrons. The Kier molecular flexibility index (Phi) is 7.41. The van der Waals surface area contributed by atoms with E-state index in [2.05, 4.69) is 34.9 Å². The summed E-state index contributed by atoms with van der Waals surface area (Å²) in [6.07, 6.45) is 0. The molecule has 70 heavy (non-hydrogen) atoms. The average molecular weight is 899 g/mol. The minimum atomic E-state index is -0.230. The van der Waals surface area contributed by atoms with E-state index in [9.17, 15) is 28.8 Å². The molecule has 0 saturated carbocycles. The molecule has 324 valence electrons. The van der Waals surface area contributed by atoms with Crippen LogP contribution in [-0.2, 0) is 0 Å². The molecule has 0 aliphatic heterocycles. The van der Waals surface area contributed by atoms with Crippen LogP contribution in [0.1, 0.15) is 95.5 Å². The van der Waals surface area contributed by atoms with Gasteiger partial charge in [0.25, 0.3) is 0 Å². The highest BCUT2D eigenvalue weighted by Crippen LogP contribution is 2.51. The van der Waals surface area contributed by atoms with Gasteiger partial charge < -0.3 is 10.6 Å². The zero-order chi connectivity index (χ0) is 46.8. The molecular formula is C62H30N2O6. The van der Waals surface area contributed by atoms with Crippen molar-refractivity contribution in [3.05, 3.63) is 237 Å². The van der Waals surface area contributed by atoms with E-state index >= 15 is 0 Å². The first kappa shape index (κ1) is 38.4. The summed E-state index contributed by atoms with van der Waals surface area (Å²) >= 11 is 0. The molecule has 0 fully saturated rings. The number of rotatable bonds is 4. The van der Waals surface area contributed by atoms with Gasteiger partial charge in [0.2, 0.25) is 0 Å². The third kappa shape index (κ3) is 4.88. The van der Waals surface area contributed by atoms with E-state index in [0.29, 0.717) is 89.5 Å². The Morgan fingerprint density at radius 3 is 0.957 bits per heavy atom. The third-order valence-electron chi connectivity index (χ3n) is 15.0. The first-order chi connectivity index (χ1) is 34.2. The van der Waals surface area contributed by atoms with Crippen LogP contribution in [0.4, 0.5) is 22.7 Å². The van der Waals surface area contributed by atoms with Gasteiger partial charge in [-0.25, -0.2) is 0 Å². The van der Waals surface area contributed by atoms with Crippen LogP contribution in [0.5, 0.6) is 0 Å². The molecule has 11 aromatic carbocycles. The maximum Gasteiger partial charge on any atom is 0.196 e. The molecule has 15 rings (SSSR count). The number of carbonyl (C=O) groups is 6. The van der Waals surface area contributed by atoms with Crippen molar-refractivity contribution in [1.29, 1.82) is 0 Å². The predicted molar refractivity (Wildman–Crippen MR) is 271 cm³/mol. The van der Waals surface area contributed by atoms with Crippen LogP contribution in [0.3, 0.4) is 0 Å². The molecular weight excluding hydrogens is 869 g/mol. The summed E-state index contributed by atoms with van der Waals surface area (Å²) in [4.78, 5) is 83.9. The van der Waals surface area contributed by atoms with Gasteiger partial charge in [0.05, 0.1) is 22.5 Å². The smallest absolute Gasteiger partial charge is 0.196 e. The number of carbonyl (C=O) groups excluding carboxylic acids is 6. The molecule has 0 heterocycles. The van der Waals surface area contributed by atoms with Gasteiger partial charge in [-0.15, -0.1) is 0 Å². The van der Waals surface area contributed by atoms with Gasteiger partial charge in [-0.3, -0.25) is 28.8 Å². The number of fused-ring (bicyclic) bond motifs is 10. The fourth-order valence-corrected chi connectivity index (χ4v) is 11.9. The molecule has 4 aliphatic rings. The SMILES string of the molecule is O=C1c2ccccc2C(=O)c2c(Nc3ccc4c(c3)C(=O)c3ccc5c6ccc7c8c(ccc(c9ccc-4c3c59)c86)C(=O)c3cc(Nc4cccc5c4C(=O)c4ccccc4C5=O)ccc3-7)cccc21. The van der Waals surface area contributed by atoms with Gasteiger partial charge in [0, 0.05) is 77.8 Å². The van der Waals surface area contributed by atoms with E-state index in [1.54, 1.807) is 84.9 Å². The number of hydrogen-bond acceptors (Lipinski definition) is 8. The van der Waals surface area contributed by atoms with E-state index in [1.165, 1.54) is 0 Å². The van der Waals surface area contributed by atoms with Crippen LogP contribution in [0.15, 0.2) is 170 Å². The van der Waals surface area contributed by atoms with E-state index < -0.39 is 0 Å². The van der Waals surface area contributed by atoms with Crippen LogP contribution in [0, 0.1) is 0 Å². The first-order valence-corrected chi connectivity index (χ1v) is 23.0. The number of anilines is 4. The van der Waals surface area contributed by atoms with Crippen molar-refractivity contribution < 1.29 is 28.8 Å². The zero-order valence-corrected chi connectivity index (χ0v) is 36.6. The van der Waals surface area contributed by atoms with Gasteiger partial charge in [0.15, 0.2) is 34.7 Å².